The summed E-state index contributed by atoms with van der Waals surface area (Å²) in [6, 6.07) is 12.2. The maximum absolute atomic E-state index is 3.00. The lowest BCUT2D eigenvalue weighted by Gasteiger charge is -2.75. The quantitative estimate of drug-likeness (QED) is 0.714. The Morgan fingerprint density at radius 3 is 2.32 bits per heavy atom. The van der Waals surface area contributed by atoms with Crippen LogP contribution in [0.4, 0.5) is 0 Å². The SMILES string of the molecule is CCC[C@]12CC[C@H]1N([Si](C)(C)C(C)(C)C)B2c1ccccc1. The molecule has 1 heterocycles. The van der Waals surface area contributed by atoms with Crippen molar-refractivity contribution < 1.29 is 0 Å². The van der Waals surface area contributed by atoms with Gasteiger partial charge in [-0.05, 0) is 29.2 Å². The molecule has 3 heteroatoms. The van der Waals surface area contributed by atoms with Gasteiger partial charge in [0.05, 0.1) is 0 Å². The van der Waals surface area contributed by atoms with Gasteiger partial charge in [-0.25, -0.2) is 0 Å². The second-order valence-electron chi connectivity index (χ2n) is 9.07. The molecule has 0 spiro atoms. The van der Waals surface area contributed by atoms with Crippen LogP contribution >= 0.6 is 0 Å². The van der Waals surface area contributed by atoms with Crippen molar-refractivity contribution in [3.05, 3.63) is 30.3 Å². The van der Waals surface area contributed by atoms with E-state index < -0.39 is 8.24 Å². The Labute approximate surface area is 138 Å². The zero-order chi connectivity index (χ0) is 16.2. The maximum atomic E-state index is 3.00. The molecule has 120 valence electrons. The summed E-state index contributed by atoms with van der Waals surface area (Å²) in [4.78, 5) is 0. The van der Waals surface area contributed by atoms with Crippen LogP contribution in [0.2, 0.25) is 23.4 Å². The minimum Gasteiger partial charge on any atom is -0.357 e. The number of hydrogen-bond donors (Lipinski definition) is 0. The topological polar surface area (TPSA) is 3.24 Å². The van der Waals surface area contributed by atoms with Crippen LogP contribution in [0.3, 0.4) is 0 Å². The van der Waals surface area contributed by atoms with E-state index in [4.69, 9.17) is 0 Å². The minimum absolute atomic E-state index is 0.425. The fourth-order valence-electron chi connectivity index (χ4n) is 4.88. The van der Waals surface area contributed by atoms with Crippen molar-refractivity contribution in [2.45, 2.75) is 82.9 Å². The van der Waals surface area contributed by atoms with Crippen LogP contribution in [0.25, 0.3) is 0 Å². The summed E-state index contributed by atoms with van der Waals surface area (Å²) in [6.07, 6.45) is 5.60. The molecule has 0 aromatic heterocycles. The lowest BCUT2D eigenvalue weighted by atomic mass is 9.22. The van der Waals surface area contributed by atoms with E-state index in [0.717, 1.165) is 6.04 Å². The van der Waals surface area contributed by atoms with Crippen molar-refractivity contribution in [2.75, 3.05) is 0 Å². The molecule has 2 aliphatic rings. The van der Waals surface area contributed by atoms with E-state index in [1.807, 2.05) is 0 Å². The number of hydrogen-bond acceptors (Lipinski definition) is 1. The third-order valence-electron chi connectivity index (χ3n) is 7.02. The van der Waals surface area contributed by atoms with Crippen molar-refractivity contribution in [1.29, 1.82) is 0 Å². The zero-order valence-corrected chi connectivity index (χ0v) is 16.3. The highest BCUT2D eigenvalue weighted by Gasteiger charge is 2.71. The van der Waals surface area contributed by atoms with Gasteiger partial charge in [0, 0.05) is 0 Å². The standard InChI is InChI=1S/C19H32BNSi/c1-7-14-19-15-13-17(19)21(22(5,6)18(2,3)4)20(19)16-11-9-8-10-12-16/h8-12,17H,7,13-15H2,1-6H3/t17-,19+/m1/s1. The molecule has 2 fully saturated rings. The highest BCUT2D eigenvalue weighted by molar-refractivity contribution is 6.93. The number of fused-ring (bicyclic) bond motifs is 1. The largest absolute Gasteiger partial charge is 0.357 e. The van der Waals surface area contributed by atoms with Gasteiger partial charge in [-0.15, -0.1) is 0 Å². The average Bonchev–Trinajstić information content (AvgIpc) is 2.44. The van der Waals surface area contributed by atoms with Crippen LogP contribution in [-0.2, 0) is 0 Å². The van der Waals surface area contributed by atoms with E-state index in [1.165, 1.54) is 25.7 Å². The molecule has 0 radical (unpaired) electrons. The van der Waals surface area contributed by atoms with E-state index in [-0.39, 0.29) is 0 Å². The summed E-state index contributed by atoms with van der Waals surface area (Å²) in [6.45, 7) is 15.6. The Kier molecular flexibility index (Phi) is 3.89. The lowest BCUT2D eigenvalue weighted by molar-refractivity contribution is 0.104. The van der Waals surface area contributed by atoms with Gasteiger partial charge in [0.25, 0.3) is 6.85 Å². The average molecular weight is 313 g/mol. The van der Waals surface area contributed by atoms with Crippen LogP contribution in [0.1, 0.15) is 53.4 Å². The highest BCUT2D eigenvalue weighted by atomic mass is 28.3. The summed E-state index contributed by atoms with van der Waals surface area (Å²) in [5.74, 6) is 0. The van der Waals surface area contributed by atoms with Crippen molar-refractivity contribution in [2.24, 2.45) is 0 Å². The fraction of sp³-hybridized carbons (Fsp3) is 0.684. The van der Waals surface area contributed by atoms with Crippen LogP contribution in [0.15, 0.2) is 30.3 Å². The molecule has 0 amide bonds. The smallest absolute Gasteiger partial charge is 0.258 e. The first-order valence-electron chi connectivity index (χ1n) is 9.09. The second-order valence-corrected chi connectivity index (χ2v) is 14.2. The first-order valence-corrected chi connectivity index (χ1v) is 12.0. The number of benzene rings is 1. The lowest BCUT2D eigenvalue weighted by Crippen LogP contribution is -2.85. The summed E-state index contributed by atoms with van der Waals surface area (Å²) < 4.78 is 3.00. The number of nitrogens with zero attached hydrogens (tertiary/aromatic N) is 1. The van der Waals surface area contributed by atoms with Gasteiger partial charge in [0.15, 0.2) is 0 Å². The van der Waals surface area contributed by atoms with Gasteiger partial charge in [0.1, 0.15) is 8.24 Å². The summed E-state index contributed by atoms with van der Waals surface area (Å²) in [7, 11) is -1.46. The molecule has 3 rings (SSSR count). The molecule has 22 heavy (non-hydrogen) atoms. The zero-order valence-electron chi connectivity index (χ0n) is 15.3. The van der Waals surface area contributed by atoms with Gasteiger partial charge >= 0.3 is 0 Å². The predicted molar refractivity (Wildman–Crippen MR) is 101 cm³/mol. The van der Waals surface area contributed by atoms with Gasteiger partial charge < -0.3 is 4.48 Å². The molecule has 0 unspecified atom stereocenters. The first-order chi connectivity index (χ1) is 10.3. The Balaban J connectivity index is 2.00. The Bertz CT molecular complexity index is 536. The molecule has 1 aliphatic carbocycles. The molecule has 1 saturated heterocycles. The molecule has 0 N–H and O–H groups in total. The van der Waals surface area contributed by atoms with E-state index in [0.29, 0.717) is 17.2 Å². The van der Waals surface area contributed by atoms with Gasteiger partial charge in [-0.3, -0.25) is 0 Å². The van der Waals surface area contributed by atoms with E-state index in [2.05, 4.69) is 75.6 Å². The minimum atomic E-state index is -1.46. The van der Waals surface area contributed by atoms with E-state index in [1.54, 1.807) is 5.46 Å². The van der Waals surface area contributed by atoms with Crippen LogP contribution in [0.5, 0.6) is 0 Å². The first kappa shape index (κ1) is 16.3. The molecule has 0 bridgehead atoms. The van der Waals surface area contributed by atoms with Gasteiger partial charge in [0.2, 0.25) is 0 Å². The second kappa shape index (κ2) is 5.24. The molecule has 2 atom stereocenters. The Morgan fingerprint density at radius 1 is 1.23 bits per heavy atom. The van der Waals surface area contributed by atoms with Gasteiger partial charge in [-0.2, -0.15) is 0 Å². The summed E-state index contributed by atoms with van der Waals surface area (Å²) >= 11 is 0. The molecule has 1 aliphatic heterocycles. The molecule has 1 aromatic carbocycles. The monoisotopic (exact) mass is 313 g/mol. The maximum Gasteiger partial charge on any atom is 0.258 e. The molecule has 1 saturated carbocycles. The van der Waals surface area contributed by atoms with Gasteiger partial charge in [-0.1, -0.05) is 89.4 Å². The van der Waals surface area contributed by atoms with E-state index >= 15 is 0 Å². The Morgan fingerprint density at radius 2 is 1.86 bits per heavy atom. The highest BCUT2D eigenvalue weighted by Crippen LogP contribution is 2.67. The van der Waals surface area contributed by atoms with E-state index in [9.17, 15) is 0 Å². The Hall–Kier alpha value is -0.538. The van der Waals surface area contributed by atoms with Crippen molar-refractivity contribution in [1.82, 2.24) is 4.48 Å². The predicted octanol–water partition coefficient (Wildman–Crippen LogP) is 4.91. The molecular formula is C19H32BNSi. The number of rotatable bonds is 4. The normalized spacial score (nSPS) is 28.8. The fourth-order valence-corrected chi connectivity index (χ4v) is 7.87. The van der Waals surface area contributed by atoms with Crippen LogP contribution in [-0.4, -0.2) is 25.6 Å². The molecule has 1 aromatic rings. The molecular weight excluding hydrogens is 281 g/mol. The third kappa shape index (κ3) is 2.08. The van der Waals surface area contributed by atoms with Crippen LogP contribution < -0.4 is 5.46 Å². The summed E-state index contributed by atoms with van der Waals surface area (Å²) in [5, 5.41) is 1.01. The van der Waals surface area contributed by atoms with Crippen molar-refractivity contribution >= 4 is 20.5 Å². The molecule has 1 nitrogen and oxygen atoms in total. The third-order valence-corrected chi connectivity index (χ3v) is 12.5. The van der Waals surface area contributed by atoms with Crippen LogP contribution in [0, 0.1) is 0 Å². The van der Waals surface area contributed by atoms with Crippen molar-refractivity contribution in [3.8, 4) is 0 Å². The summed E-state index contributed by atoms with van der Waals surface area (Å²) in [5.41, 5.74) is 1.57. The van der Waals surface area contributed by atoms with Crippen molar-refractivity contribution in [3.63, 3.8) is 0 Å².